The third-order valence-corrected chi connectivity index (χ3v) is 4.05. The van der Waals surface area contributed by atoms with Crippen molar-refractivity contribution in [1.82, 2.24) is 0 Å². The zero-order valence-electron chi connectivity index (χ0n) is 14.3. The van der Waals surface area contributed by atoms with Crippen LogP contribution in [0.15, 0.2) is 59.2 Å². The molecule has 0 bridgehead atoms. The molecule has 0 radical (unpaired) electrons. The van der Waals surface area contributed by atoms with Crippen LogP contribution in [0, 0.1) is 0 Å². The Morgan fingerprint density at radius 2 is 1.57 bits per heavy atom. The van der Waals surface area contributed by atoms with Crippen molar-refractivity contribution in [1.29, 1.82) is 0 Å². The first-order valence-electron chi connectivity index (χ1n) is 7.93. The molecule has 0 saturated heterocycles. The lowest BCUT2D eigenvalue weighted by atomic mass is 9.99. The van der Waals surface area contributed by atoms with Gasteiger partial charge in [0.15, 0.2) is 0 Å². The highest BCUT2D eigenvalue weighted by atomic mass is 19.4. The number of carbonyl (C=O) groups is 1. The van der Waals surface area contributed by atoms with Crippen LogP contribution in [-0.4, -0.2) is 11.6 Å². The number of amides is 1. The van der Waals surface area contributed by atoms with Gasteiger partial charge < -0.3 is 0 Å². The van der Waals surface area contributed by atoms with E-state index in [0.717, 1.165) is 11.1 Å². The van der Waals surface area contributed by atoms with Crippen molar-refractivity contribution in [3.63, 3.8) is 0 Å². The van der Waals surface area contributed by atoms with E-state index >= 15 is 0 Å². The number of carbonyl (C=O) groups excluding carboxylic acids is 1. The average Bonchev–Trinajstić information content (AvgIpc) is 2.89. The van der Waals surface area contributed by atoms with Gasteiger partial charge in [-0.25, -0.2) is 0 Å². The minimum atomic E-state index is -4.89. The van der Waals surface area contributed by atoms with E-state index in [-0.39, 0.29) is 11.3 Å². The molecule has 1 heterocycles. The van der Waals surface area contributed by atoms with Crippen LogP contribution >= 0.6 is 0 Å². The van der Waals surface area contributed by atoms with E-state index in [1.54, 1.807) is 30.3 Å². The minimum absolute atomic E-state index is 0.0967. The Hall–Kier alpha value is -3.10. The fraction of sp³-hybridized carbons (Fsp3) is 0.158. The van der Waals surface area contributed by atoms with Crippen LogP contribution < -0.4 is 5.01 Å². The third kappa shape index (κ3) is 3.78. The van der Waals surface area contributed by atoms with Crippen molar-refractivity contribution < 1.29 is 31.1 Å². The van der Waals surface area contributed by atoms with Crippen molar-refractivity contribution in [3.05, 3.63) is 70.8 Å². The van der Waals surface area contributed by atoms with Gasteiger partial charge in [0, 0.05) is 0 Å². The smallest absolute Gasteiger partial charge is 0.267 e. The molecule has 1 amide bonds. The summed E-state index contributed by atoms with van der Waals surface area (Å²) in [4.78, 5) is 12.6. The zero-order chi connectivity index (χ0) is 20.7. The fourth-order valence-electron chi connectivity index (χ4n) is 2.70. The van der Waals surface area contributed by atoms with E-state index in [2.05, 4.69) is 5.10 Å². The number of para-hydroxylation sites is 1. The molecule has 3 nitrogen and oxygen atoms in total. The molecule has 1 aliphatic heterocycles. The van der Waals surface area contributed by atoms with E-state index in [4.69, 9.17) is 0 Å². The van der Waals surface area contributed by atoms with Crippen LogP contribution in [0.5, 0.6) is 0 Å². The zero-order valence-corrected chi connectivity index (χ0v) is 14.3. The number of hydrazone groups is 1. The van der Waals surface area contributed by atoms with Crippen molar-refractivity contribution >= 4 is 23.4 Å². The number of halogens is 6. The number of hydrogen-bond donors (Lipinski definition) is 0. The second-order valence-corrected chi connectivity index (χ2v) is 5.99. The Labute approximate surface area is 155 Å². The van der Waals surface area contributed by atoms with Gasteiger partial charge in [0.05, 0.1) is 28.1 Å². The summed E-state index contributed by atoms with van der Waals surface area (Å²) in [6.45, 7) is 1.40. The number of anilines is 1. The topological polar surface area (TPSA) is 32.7 Å². The summed E-state index contributed by atoms with van der Waals surface area (Å²) in [5.74, 6) is -0.728. The predicted octanol–water partition coefficient (Wildman–Crippen LogP) is 5.53. The Bertz CT molecular complexity index is 974. The lowest BCUT2D eigenvalue weighted by Gasteiger charge is -2.14. The Balaban J connectivity index is 2.10. The standard InChI is InChI=1S/C19H12F6N2O/c1-11-15(17(28)27(26-11)14-5-3-2-4-6-14)10-12-9-13(18(20,21)22)7-8-16(12)19(23,24)25/h2-10H,1H3/b15-10-. The molecule has 9 heteroatoms. The summed E-state index contributed by atoms with van der Waals surface area (Å²) in [6, 6.07) is 9.23. The lowest BCUT2D eigenvalue weighted by Crippen LogP contribution is -2.21. The van der Waals surface area contributed by atoms with Gasteiger partial charge in [-0.2, -0.15) is 36.5 Å². The molecule has 3 rings (SSSR count). The summed E-state index contributed by atoms with van der Waals surface area (Å²) in [7, 11) is 0. The molecular weight excluding hydrogens is 386 g/mol. The van der Waals surface area contributed by atoms with Crippen LogP contribution in [0.3, 0.4) is 0 Å². The number of benzene rings is 2. The molecule has 0 aliphatic carbocycles. The number of alkyl halides is 6. The van der Waals surface area contributed by atoms with Gasteiger partial charge >= 0.3 is 12.4 Å². The first-order chi connectivity index (χ1) is 13.0. The second-order valence-electron chi connectivity index (χ2n) is 5.99. The first-order valence-corrected chi connectivity index (χ1v) is 7.93. The molecule has 2 aromatic carbocycles. The van der Waals surface area contributed by atoms with E-state index in [0.29, 0.717) is 23.9 Å². The minimum Gasteiger partial charge on any atom is -0.267 e. The van der Waals surface area contributed by atoms with E-state index in [1.807, 2.05) is 0 Å². The highest BCUT2D eigenvalue weighted by Gasteiger charge is 2.37. The summed E-state index contributed by atoms with van der Waals surface area (Å²) in [5, 5.41) is 5.00. The Morgan fingerprint density at radius 1 is 0.929 bits per heavy atom. The molecule has 0 saturated carbocycles. The summed E-state index contributed by atoms with van der Waals surface area (Å²) >= 11 is 0. The van der Waals surface area contributed by atoms with Crippen molar-refractivity contribution in [2.75, 3.05) is 5.01 Å². The van der Waals surface area contributed by atoms with E-state index < -0.39 is 35.0 Å². The molecule has 2 aromatic rings. The quantitative estimate of drug-likeness (QED) is 0.484. The second kappa shape index (κ2) is 6.81. The molecule has 0 fully saturated rings. The highest BCUT2D eigenvalue weighted by Crippen LogP contribution is 2.38. The first kappa shape index (κ1) is 19.7. The van der Waals surface area contributed by atoms with Crippen LogP contribution in [0.2, 0.25) is 0 Å². The van der Waals surface area contributed by atoms with Crippen molar-refractivity contribution in [2.45, 2.75) is 19.3 Å². The third-order valence-electron chi connectivity index (χ3n) is 4.05. The normalized spacial score (nSPS) is 16.7. The van der Waals surface area contributed by atoms with E-state index in [9.17, 15) is 31.1 Å². The van der Waals surface area contributed by atoms with Crippen molar-refractivity contribution in [2.24, 2.45) is 5.10 Å². The fourth-order valence-corrected chi connectivity index (χ4v) is 2.70. The molecule has 0 spiro atoms. The van der Waals surface area contributed by atoms with Gasteiger partial charge in [-0.15, -0.1) is 0 Å². The summed E-state index contributed by atoms with van der Waals surface area (Å²) < 4.78 is 78.6. The molecule has 0 atom stereocenters. The van der Waals surface area contributed by atoms with Gasteiger partial charge in [-0.1, -0.05) is 18.2 Å². The predicted molar refractivity (Wildman–Crippen MR) is 91.5 cm³/mol. The maximum absolute atomic E-state index is 13.3. The largest absolute Gasteiger partial charge is 0.416 e. The monoisotopic (exact) mass is 398 g/mol. The van der Waals surface area contributed by atoms with Gasteiger partial charge in [-0.3, -0.25) is 4.79 Å². The van der Waals surface area contributed by atoms with Crippen LogP contribution in [-0.2, 0) is 17.1 Å². The number of hydrogen-bond acceptors (Lipinski definition) is 2. The number of nitrogens with zero attached hydrogens (tertiary/aromatic N) is 2. The SMILES string of the molecule is CC1=NN(c2ccccc2)C(=O)/C1=C\c1cc(C(F)(F)F)ccc1C(F)(F)F. The molecular formula is C19H12F6N2O. The maximum atomic E-state index is 13.3. The molecule has 1 aliphatic rings. The van der Waals surface area contributed by atoms with Gasteiger partial charge in [0.2, 0.25) is 0 Å². The summed E-state index contributed by atoms with van der Waals surface area (Å²) in [5.41, 5.74) is -3.00. The summed E-state index contributed by atoms with van der Waals surface area (Å²) in [6.07, 6.45) is -8.92. The molecule has 0 unspecified atom stereocenters. The Kier molecular flexibility index (Phi) is 4.78. The van der Waals surface area contributed by atoms with Gasteiger partial charge in [0.1, 0.15) is 0 Å². The molecule has 0 N–H and O–H groups in total. The lowest BCUT2D eigenvalue weighted by molar-refractivity contribution is -0.141. The number of rotatable bonds is 2. The highest BCUT2D eigenvalue weighted by molar-refractivity contribution is 6.32. The maximum Gasteiger partial charge on any atom is 0.416 e. The van der Waals surface area contributed by atoms with Crippen molar-refractivity contribution in [3.8, 4) is 0 Å². The molecule has 28 heavy (non-hydrogen) atoms. The van der Waals surface area contributed by atoms with Crippen LogP contribution in [0.4, 0.5) is 32.0 Å². The molecule has 146 valence electrons. The molecule has 0 aromatic heterocycles. The average molecular weight is 398 g/mol. The van der Waals surface area contributed by atoms with Gasteiger partial charge in [-0.05, 0) is 48.9 Å². The Morgan fingerprint density at radius 3 is 2.14 bits per heavy atom. The van der Waals surface area contributed by atoms with E-state index in [1.165, 1.54) is 6.92 Å². The van der Waals surface area contributed by atoms with Gasteiger partial charge in [0.25, 0.3) is 5.91 Å². The van der Waals surface area contributed by atoms with Crippen LogP contribution in [0.25, 0.3) is 6.08 Å². The van der Waals surface area contributed by atoms with Crippen LogP contribution in [0.1, 0.15) is 23.6 Å².